The molecule has 0 spiro atoms. The normalized spacial score (nSPS) is 26.7. The van der Waals surface area contributed by atoms with Crippen molar-refractivity contribution in [1.82, 2.24) is 24.8 Å². The number of fused-ring (bicyclic) bond motifs is 3. The molecule has 3 fully saturated rings. The molecule has 1 aromatic heterocycles. The molecular weight excluding hydrogens is 775 g/mol. The Labute approximate surface area is 346 Å². The van der Waals surface area contributed by atoms with Crippen molar-refractivity contribution < 1.29 is 41.9 Å². The van der Waals surface area contributed by atoms with Gasteiger partial charge in [0.2, 0.25) is 21.8 Å². The van der Waals surface area contributed by atoms with Crippen molar-refractivity contribution in [2.24, 2.45) is 16.7 Å². The number of hydrogen-bond acceptors (Lipinski definition) is 9. The first-order chi connectivity index (χ1) is 27.8. The second-order valence-corrected chi connectivity index (χ2v) is 20.6. The van der Waals surface area contributed by atoms with Gasteiger partial charge in [-0.15, -0.1) is 0 Å². The van der Waals surface area contributed by atoms with Gasteiger partial charge in [-0.25, -0.2) is 18.0 Å². The van der Waals surface area contributed by atoms with E-state index in [1.807, 2.05) is 73.9 Å². The number of aryl methyl sites for hydroxylation is 1. The van der Waals surface area contributed by atoms with Crippen molar-refractivity contribution in [3.8, 4) is 5.69 Å². The van der Waals surface area contributed by atoms with Crippen LogP contribution in [0.3, 0.4) is 0 Å². The summed E-state index contributed by atoms with van der Waals surface area (Å²) < 4.78 is 41.6. The number of benzene rings is 2. The summed E-state index contributed by atoms with van der Waals surface area (Å²) in [7, 11) is -3.91. The quantitative estimate of drug-likeness (QED) is 0.258. The Balaban J connectivity index is 1.25. The number of cyclic esters (lactones) is 1. The number of carbonyl (C=O) groups is 5. The summed E-state index contributed by atoms with van der Waals surface area (Å²) in [5.74, 6) is -3.06. The van der Waals surface area contributed by atoms with Crippen LogP contribution in [0.2, 0.25) is 0 Å². The monoisotopic (exact) mass is 831 g/mol. The van der Waals surface area contributed by atoms with Crippen LogP contribution in [0.5, 0.6) is 0 Å². The highest BCUT2D eigenvalue weighted by molar-refractivity contribution is 7.91. The predicted octanol–water partition coefficient (Wildman–Crippen LogP) is 5.54. The highest BCUT2D eigenvalue weighted by Gasteiger charge is 2.62. The van der Waals surface area contributed by atoms with Crippen LogP contribution in [-0.2, 0) is 40.3 Å². The fourth-order valence-corrected chi connectivity index (χ4v) is 9.99. The van der Waals surface area contributed by atoms with E-state index in [-0.39, 0.29) is 43.0 Å². The molecule has 7 rings (SSSR count). The molecule has 14 nitrogen and oxygen atoms in total. The van der Waals surface area contributed by atoms with Gasteiger partial charge in [-0.2, -0.15) is 0 Å². The molecule has 318 valence electrons. The van der Waals surface area contributed by atoms with Gasteiger partial charge in [-0.1, -0.05) is 84.7 Å². The number of carbonyl (C=O) groups excluding carboxylic acids is 5. The molecule has 3 heterocycles. The average Bonchev–Trinajstić information content (AvgIpc) is 4.08. The molecular formula is C44H57N5O9S. The van der Waals surface area contributed by atoms with E-state index in [0.717, 1.165) is 47.8 Å². The molecule has 1 saturated heterocycles. The Morgan fingerprint density at radius 2 is 1.73 bits per heavy atom. The molecule has 3 aromatic rings. The van der Waals surface area contributed by atoms with Crippen molar-refractivity contribution in [2.45, 2.75) is 128 Å². The Kier molecular flexibility index (Phi) is 11.4. The van der Waals surface area contributed by atoms with Gasteiger partial charge in [-0.05, 0) is 85.1 Å². The molecule has 15 heteroatoms. The molecule has 3 N–H and O–H groups in total. The van der Waals surface area contributed by atoms with Crippen molar-refractivity contribution in [2.75, 3.05) is 13.2 Å². The highest BCUT2D eigenvalue weighted by Crippen LogP contribution is 2.47. The topological polar surface area (TPSA) is 182 Å². The first-order valence-electron chi connectivity index (χ1n) is 20.8. The Morgan fingerprint density at radius 1 is 1.00 bits per heavy atom. The third kappa shape index (κ3) is 8.85. The summed E-state index contributed by atoms with van der Waals surface area (Å²) in [6.07, 6.45) is 3.07. The maximum atomic E-state index is 14.7. The highest BCUT2D eigenvalue weighted by atomic mass is 32.2. The van der Waals surface area contributed by atoms with E-state index in [1.54, 1.807) is 20.8 Å². The number of aromatic nitrogens is 1. The number of nitrogens with one attached hydrogen (secondary N) is 3. The van der Waals surface area contributed by atoms with Crippen LogP contribution in [0.1, 0.15) is 109 Å². The van der Waals surface area contributed by atoms with E-state index in [1.165, 1.54) is 4.90 Å². The molecule has 1 unspecified atom stereocenters. The van der Waals surface area contributed by atoms with Crippen molar-refractivity contribution in [1.29, 1.82) is 0 Å². The minimum atomic E-state index is -3.91. The number of sulfonamides is 1. The lowest BCUT2D eigenvalue weighted by atomic mass is 9.85. The van der Waals surface area contributed by atoms with Gasteiger partial charge < -0.3 is 29.6 Å². The van der Waals surface area contributed by atoms with E-state index in [4.69, 9.17) is 9.47 Å². The molecule has 4 bridgehead atoms. The lowest BCUT2D eigenvalue weighted by molar-refractivity contribution is -0.143. The number of para-hydroxylation sites is 1. The number of rotatable bonds is 7. The number of ether oxygens (including phenoxy) is 2. The maximum absolute atomic E-state index is 14.7. The van der Waals surface area contributed by atoms with Crippen LogP contribution < -0.4 is 15.4 Å². The van der Waals surface area contributed by atoms with Crippen LogP contribution in [0.25, 0.3) is 16.6 Å². The second-order valence-electron chi connectivity index (χ2n) is 18.7. The average molecular weight is 832 g/mol. The van der Waals surface area contributed by atoms with Crippen molar-refractivity contribution in [3.05, 3.63) is 65.9 Å². The number of nitrogens with zero attached hydrogens (tertiary/aromatic N) is 2. The Morgan fingerprint density at radius 3 is 2.39 bits per heavy atom. The maximum Gasteiger partial charge on any atom is 0.407 e. The first-order valence-corrected chi connectivity index (χ1v) is 22.4. The standard InChI is InChI=1S/C44H57N5O9S/c1-7-28-24-44(28,40(53)47-59(55,56)31-19-20-31)46-37(50)34-22-30-25-48(34)38(51)36(42(2,3)4)45-41(54)57-26-43(5,6)21-12-11-14-27-15-13-18-33-32(27)23-35(39(52)58-30)49(33)29-16-9-8-10-17-29/h8-10,13,15-18,23,28,30-31,34,36H,7,11-12,14,19-22,24-26H2,1-6H3,(H,45,54)(H,46,50)(H,47,53)/t28?,30-,34+,36-,44-/m1/s1. The van der Waals surface area contributed by atoms with Crippen LogP contribution in [-0.4, -0.2) is 89.8 Å². The van der Waals surface area contributed by atoms with Gasteiger partial charge >= 0.3 is 12.1 Å². The smallest absolute Gasteiger partial charge is 0.407 e. The number of amides is 4. The van der Waals surface area contributed by atoms with Gasteiger partial charge in [-0.3, -0.25) is 19.1 Å². The van der Waals surface area contributed by atoms with Crippen LogP contribution in [0.4, 0.5) is 4.79 Å². The Bertz CT molecular complexity index is 2240. The first kappa shape index (κ1) is 42.2. The van der Waals surface area contributed by atoms with E-state index in [0.29, 0.717) is 19.3 Å². The Hall–Kier alpha value is -4.92. The van der Waals surface area contributed by atoms with Gasteiger partial charge in [0.1, 0.15) is 29.4 Å². The zero-order valence-corrected chi connectivity index (χ0v) is 35.7. The third-order valence-corrected chi connectivity index (χ3v) is 14.2. The minimum Gasteiger partial charge on any atom is -0.456 e. The molecule has 4 aliphatic rings. The van der Waals surface area contributed by atoms with E-state index >= 15 is 0 Å². The molecule has 5 atom stereocenters. The summed E-state index contributed by atoms with van der Waals surface area (Å²) >= 11 is 0. The largest absolute Gasteiger partial charge is 0.456 e. The van der Waals surface area contributed by atoms with Crippen LogP contribution >= 0.6 is 0 Å². The predicted molar refractivity (Wildman–Crippen MR) is 221 cm³/mol. The number of esters is 1. The van der Waals surface area contributed by atoms with Crippen molar-refractivity contribution in [3.63, 3.8) is 0 Å². The second kappa shape index (κ2) is 15.9. The molecule has 4 amide bonds. The summed E-state index contributed by atoms with van der Waals surface area (Å²) in [5.41, 5.74) is 0.253. The summed E-state index contributed by atoms with van der Waals surface area (Å²) in [5, 5.41) is 5.88. The van der Waals surface area contributed by atoms with E-state index in [2.05, 4.69) is 21.4 Å². The van der Waals surface area contributed by atoms with Crippen LogP contribution in [0, 0.1) is 16.7 Å². The SMILES string of the molecule is CCC1C[C@]1(NC(=O)[C@@H]1C[C@@H]2CN1C(=O)[C@H](C(C)(C)C)NC(=O)OCC(C)(C)CCCCc1cccc3c1cc(n3-c1ccccc1)C(=O)O2)C(=O)NS(=O)(=O)C1CC1. The molecule has 2 aromatic carbocycles. The van der Waals surface area contributed by atoms with Gasteiger partial charge in [0, 0.05) is 17.5 Å². The van der Waals surface area contributed by atoms with Gasteiger partial charge in [0.25, 0.3) is 5.91 Å². The van der Waals surface area contributed by atoms with Gasteiger partial charge in [0.05, 0.1) is 23.9 Å². The fourth-order valence-electron chi connectivity index (χ4n) is 8.62. The lowest BCUT2D eigenvalue weighted by Gasteiger charge is -2.35. The molecule has 2 saturated carbocycles. The van der Waals surface area contributed by atoms with Crippen molar-refractivity contribution >= 4 is 50.7 Å². The molecule has 2 aliphatic carbocycles. The molecule has 2 aliphatic heterocycles. The van der Waals surface area contributed by atoms with Gasteiger partial charge in [0.15, 0.2) is 0 Å². The third-order valence-electron chi connectivity index (χ3n) is 12.3. The number of alkyl carbamates (subject to hydrolysis) is 1. The van der Waals surface area contributed by atoms with E-state index < -0.39 is 74.2 Å². The molecule has 0 radical (unpaired) electrons. The van der Waals surface area contributed by atoms with E-state index in [9.17, 15) is 32.4 Å². The molecule has 59 heavy (non-hydrogen) atoms. The minimum absolute atomic E-state index is 0.107. The zero-order chi connectivity index (χ0) is 42.5. The summed E-state index contributed by atoms with van der Waals surface area (Å²) in [6, 6.07) is 15.0. The zero-order valence-electron chi connectivity index (χ0n) is 34.8. The summed E-state index contributed by atoms with van der Waals surface area (Å²) in [4.78, 5) is 72.0. The van der Waals surface area contributed by atoms with Crippen LogP contribution in [0.15, 0.2) is 54.6 Å². The number of hydrogen-bond donors (Lipinski definition) is 3. The lowest BCUT2D eigenvalue weighted by Crippen LogP contribution is -2.60. The fraction of sp³-hybridized carbons (Fsp3) is 0.568. The summed E-state index contributed by atoms with van der Waals surface area (Å²) in [6.45, 7) is 11.2.